The van der Waals surface area contributed by atoms with Crippen LogP contribution in [0.4, 0.5) is 0 Å². The topological polar surface area (TPSA) is 571 Å². The zero-order valence-corrected chi connectivity index (χ0v) is 60.0. The maximum absolute atomic E-state index is 15.7. The maximum Gasteiger partial charge on any atom is 0.315 e. The summed E-state index contributed by atoms with van der Waals surface area (Å²) in [5.74, 6) is -2.36. The summed E-state index contributed by atoms with van der Waals surface area (Å²) in [7, 11) is 0. The Balaban J connectivity index is 0.782. The molecular weight excluding hydrogens is 1400 g/mol. The van der Waals surface area contributed by atoms with Crippen molar-refractivity contribution in [3.63, 3.8) is 0 Å². The molecule has 0 bridgehead atoms. The third kappa shape index (κ3) is 14.0. The van der Waals surface area contributed by atoms with E-state index in [0.717, 1.165) is 5.57 Å². The van der Waals surface area contributed by atoms with Gasteiger partial charge in [-0.2, -0.15) is 0 Å². The summed E-state index contributed by atoms with van der Waals surface area (Å²) >= 11 is 0. The van der Waals surface area contributed by atoms with Crippen LogP contribution in [0.3, 0.4) is 0 Å². The Morgan fingerprint density at radius 1 is 0.476 bits per heavy atom. The molecule has 11 fully saturated rings. The predicted octanol–water partition coefficient (Wildman–Crippen LogP) is -7.67. The number of carbonyl (C=O) groups is 1. The van der Waals surface area contributed by atoms with Crippen LogP contribution in [-0.2, 0) is 71.1 Å². The second kappa shape index (κ2) is 30.6. The van der Waals surface area contributed by atoms with Gasteiger partial charge in [-0.1, -0.05) is 53.2 Å². The van der Waals surface area contributed by atoms with E-state index in [1.54, 1.807) is 6.92 Å². The van der Waals surface area contributed by atoms with Gasteiger partial charge in [-0.15, -0.1) is 0 Å². The number of esters is 1. The first-order chi connectivity index (χ1) is 49.2. The predicted molar refractivity (Wildman–Crippen MR) is 344 cm³/mol. The van der Waals surface area contributed by atoms with E-state index in [1.807, 2.05) is 6.92 Å². The highest BCUT2D eigenvalue weighted by Gasteiger charge is 2.74. The zero-order valence-electron chi connectivity index (χ0n) is 60.0. The first-order valence-electron chi connectivity index (χ1n) is 36.6. The molecule has 0 aromatic rings. The van der Waals surface area contributed by atoms with Crippen molar-refractivity contribution in [3.05, 3.63) is 11.6 Å². The highest BCUT2D eigenvalue weighted by molar-refractivity contribution is 5.79. The lowest BCUT2D eigenvalue weighted by atomic mass is 9.33. The number of hydrogen-bond acceptors (Lipinski definition) is 36. The summed E-state index contributed by atoms with van der Waals surface area (Å²) in [5, 5.41) is 235. The number of aliphatic hydroxyl groups is 21. The van der Waals surface area contributed by atoms with E-state index in [1.165, 1.54) is 13.8 Å². The molecule has 5 aliphatic carbocycles. The summed E-state index contributed by atoms with van der Waals surface area (Å²) in [6.45, 7) is 9.70. The second-order valence-electron chi connectivity index (χ2n) is 33.6. The molecular formula is C69H112O36. The Morgan fingerprint density at radius 2 is 1.03 bits per heavy atom. The molecule has 7 saturated heterocycles. The smallest absolute Gasteiger partial charge is 0.315 e. The van der Waals surface area contributed by atoms with Gasteiger partial charge in [0, 0.05) is 11.3 Å². The van der Waals surface area contributed by atoms with E-state index >= 15 is 4.79 Å². The van der Waals surface area contributed by atoms with Crippen molar-refractivity contribution in [2.45, 2.75) is 315 Å². The number of hydrogen-bond donors (Lipinski definition) is 21. The Hall–Kier alpha value is -2.15. The standard InChI is InChI=1S/C69H112O36/c1-25-36(78)41(83)44(86)56(95-25)99-47-34(19-71)98-59(51(45(47)87)101-55-43(85)38(80)31(76)20-92-55)100-48-37(79)26(2)96-57(46(48)88)102-49-39(81)32(77)21-93-58(49)105-62(90)68-13-11-63(3,4)15-28(68)27-9-10-35-64(5)16-30(75)54(65(6,22-72)52(64)29(74)17-67(35,8)66(27,7)12-14-68)104-60-50(42(84)40(82)33(18-70)97-60)103-61-53(89)69(91,23-73)24-94-61/h9,25-26,28-61,70-89,91H,10-24H2,1-8H3/t25-,26-,28-,29+,30-,31?,32-,33+,34+,35+,36-,37-,38?,39-,40+,41+,42-,43?,44+,45-,46?,47+,48+,49+,50+,51+,52+,53-,54-,55-,56-,57-,58-,59-,60-,61-,64+,65-,66+,67+,68-,69+/m0/s1. The quantitative estimate of drug-likeness (QED) is 0.0344. The van der Waals surface area contributed by atoms with Crippen LogP contribution in [0.2, 0.25) is 0 Å². The normalized spacial score (nSPS) is 55.8. The number of fused-ring (bicyclic) bond motifs is 7. The van der Waals surface area contributed by atoms with Crippen molar-refractivity contribution >= 4 is 5.97 Å². The average molecular weight is 1520 g/mol. The van der Waals surface area contributed by atoms with E-state index in [2.05, 4.69) is 33.8 Å². The molecule has 4 unspecified atom stereocenters. The van der Waals surface area contributed by atoms with Gasteiger partial charge < -0.3 is 174 Å². The van der Waals surface area contributed by atoms with Gasteiger partial charge in [0.1, 0.15) is 128 Å². The Kier molecular flexibility index (Phi) is 24.0. The van der Waals surface area contributed by atoms with Crippen molar-refractivity contribution < 1.29 is 178 Å². The Morgan fingerprint density at radius 3 is 1.68 bits per heavy atom. The molecule has 0 aromatic carbocycles. The molecule has 0 amide bonds. The van der Waals surface area contributed by atoms with Crippen LogP contribution in [0.15, 0.2) is 11.6 Å². The molecule has 0 radical (unpaired) electrons. The van der Waals surface area contributed by atoms with E-state index in [-0.39, 0.29) is 30.6 Å². The first-order valence-corrected chi connectivity index (χ1v) is 36.6. The minimum Gasteiger partial charge on any atom is -0.432 e. The second-order valence-corrected chi connectivity index (χ2v) is 33.6. The van der Waals surface area contributed by atoms with Gasteiger partial charge in [-0.05, 0) is 98.7 Å². The third-order valence-corrected chi connectivity index (χ3v) is 26.6. The van der Waals surface area contributed by atoms with Crippen LogP contribution >= 0.6 is 0 Å². The van der Waals surface area contributed by atoms with Crippen LogP contribution in [0.1, 0.15) is 107 Å². The van der Waals surface area contributed by atoms with Crippen molar-refractivity contribution in [3.8, 4) is 0 Å². The highest BCUT2D eigenvalue weighted by atomic mass is 16.8. The largest absolute Gasteiger partial charge is 0.432 e. The fourth-order valence-electron chi connectivity index (χ4n) is 20.3. The fraction of sp³-hybridized carbons (Fsp3) is 0.957. The summed E-state index contributed by atoms with van der Waals surface area (Å²) in [6, 6.07) is 0. The minimum atomic E-state index is -2.15. The number of carbonyl (C=O) groups excluding carboxylic acids is 1. The van der Waals surface area contributed by atoms with E-state index in [9.17, 15) is 107 Å². The molecule has 12 aliphatic rings. The summed E-state index contributed by atoms with van der Waals surface area (Å²) < 4.78 is 84.0. The molecule has 36 nitrogen and oxygen atoms in total. The maximum atomic E-state index is 15.7. The molecule has 105 heavy (non-hydrogen) atoms. The van der Waals surface area contributed by atoms with Crippen LogP contribution in [0.25, 0.3) is 0 Å². The summed E-state index contributed by atoms with van der Waals surface area (Å²) in [5.41, 5.74) is -6.81. The van der Waals surface area contributed by atoms with Crippen molar-refractivity contribution in [2.75, 3.05) is 46.2 Å². The van der Waals surface area contributed by atoms with Crippen LogP contribution in [0.5, 0.6) is 0 Å². The average Bonchev–Trinajstić information content (AvgIpc) is 1.15. The molecule has 7 heterocycles. The lowest BCUT2D eigenvalue weighted by Gasteiger charge is -2.72. The van der Waals surface area contributed by atoms with E-state index < -0.39 is 299 Å². The van der Waals surface area contributed by atoms with E-state index in [0.29, 0.717) is 32.1 Å². The van der Waals surface area contributed by atoms with Crippen LogP contribution in [0, 0.1) is 50.2 Å². The molecule has 0 spiro atoms. The first kappa shape index (κ1) is 82.3. The van der Waals surface area contributed by atoms with Crippen LogP contribution in [-0.4, -0.2) is 368 Å². The molecule has 0 aromatic heterocycles. The summed E-state index contributed by atoms with van der Waals surface area (Å²) in [6.07, 6.45) is -52.9. The zero-order chi connectivity index (χ0) is 76.7. The Bertz CT molecular complexity index is 3010. The van der Waals surface area contributed by atoms with Crippen molar-refractivity contribution in [1.82, 2.24) is 0 Å². The lowest BCUT2D eigenvalue weighted by molar-refractivity contribution is -0.401. The molecule has 7 aliphatic heterocycles. The van der Waals surface area contributed by atoms with Crippen molar-refractivity contribution in [1.29, 1.82) is 0 Å². The van der Waals surface area contributed by atoms with Gasteiger partial charge in [0.2, 0.25) is 6.29 Å². The molecule has 42 atom stereocenters. The van der Waals surface area contributed by atoms with Gasteiger partial charge in [0.15, 0.2) is 43.8 Å². The molecule has 12 rings (SSSR count). The van der Waals surface area contributed by atoms with Gasteiger partial charge >= 0.3 is 5.97 Å². The van der Waals surface area contributed by atoms with Gasteiger partial charge in [0.05, 0.1) is 82.2 Å². The molecule has 4 saturated carbocycles. The van der Waals surface area contributed by atoms with E-state index in [4.69, 9.17) is 66.3 Å². The van der Waals surface area contributed by atoms with Gasteiger partial charge in [-0.3, -0.25) is 4.79 Å². The van der Waals surface area contributed by atoms with Crippen LogP contribution < -0.4 is 0 Å². The summed E-state index contributed by atoms with van der Waals surface area (Å²) in [4.78, 5) is 15.7. The fourth-order valence-corrected chi connectivity index (χ4v) is 20.3. The van der Waals surface area contributed by atoms with Gasteiger partial charge in [0.25, 0.3) is 0 Å². The molecule has 21 N–H and O–H groups in total. The lowest BCUT2D eigenvalue weighted by Crippen LogP contribution is -2.72. The molecule has 36 heteroatoms. The number of aliphatic hydroxyl groups excluding tert-OH is 20. The number of allylic oxidation sites excluding steroid dienone is 2. The number of rotatable bonds is 18. The number of ether oxygens (including phenoxy) is 14. The third-order valence-electron chi connectivity index (χ3n) is 26.6. The monoisotopic (exact) mass is 1520 g/mol. The SMILES string of the molecule is C[C@@H]1O[C@@H](O[C@H]2[C@H](O)[C@@H](O[C@@H]3OCC(O)C(O)C3O)[C@H](O[C@H]3C(O)[C@H](O[C@H]4[C@H](OC(=O)[C@]56CCC(C)(C)C[C@H]5C5=CC[C@@H]7[C@@]8(C)C[C@H](O)[C@H](O[C@@H]9O[C@H](CO)[C@@H](O)[C@H](O)[C@H]9O[C@@H]9OC[C@](O)(CO)[C@H]9O)[C@@](C)(CO)[C@@H]8[C@H](O)C[C@@]7(C)[C@]5(C)CC6)OC[C@H](O)[C@@H]4O)O[C@@H](C)[C@@H]3O)O[C@@H]2CO)[C@H](O)[C@H](O)[C@H]1O. The highest BCUT2D eigenvalue weighted by Crippen LogP contribution is 2.76. The minimum absolute atomic E-state index is 0.00843. The van der Waals surface area contributed by atoms with Crippen molar-refractivity contribution in [2.24, 2.45) is 50.2 Å². The Labute approximate surface area is 605 Å². The molecule has 604 valence electrons. The van der Waals surface area contributed by atoms with Gasteiger partial charge in [-0.25, -0.2) is 0 Å².